The number of ether oxygens (including phenoxy) is 1. The summed E-state index contributed by atoms with van der Waals surface area (Å²) in [6, 6.07) is 8.27. The molecule has 4 nitrogen and oxygen atoms in total. The summed E-state index contributed by atoms with van der Waals surface area (Å²) in [5.74, 6) is 1.80. The summed E-state index contributed by atoms with van der Waals surface area (Å²) in [5.41, 5.74) is 1.13. The highest BCUT2D eigenvalue weighted by molar-refractivity contribution is 5.84. The van der Waals surface area contributed by atoms with Crippen molar-refractivity contribution in [1.29, 1.82) is 0 Å². The molecule has 2 fully saturated rings. The molecule has 2 atom stereocenters. The van der Waals surface area contributed by atoms with E-state index in [1.54, 1.807) is 7.11 Å². The van der Waals surface area contributed by atoms with Crippen LogP contribution < -0.4 is 10.1 Å². The fourth-order valence-corrected chi connectivity index (χ4v) is 3.26. The van der Waals surface area contributed by atoms with Gasteiger partial charge >= 0.3 is 0 Å². The number of rotatable bonds is 3. The zero-order valence-electron chi connectivity index (χ0n) is 12.3. The van der Waals surface area contributed by atoms with Gasteiger partial charge in [-0.15, -0.1) is 0 Å². The first-order valence-corrected chi connectivity index (χ1v) is 7.32. The van der Waals surface area contributed by atoms with E-state index >= 15 is 0 Å². The summed E-state index contributed by atoms with van der Waals surface area (Å²) >= 11 is 0. The fraction of sp³-hybridized carbons (Fsp3) is 0.562. The molecule has 1 aliphatic carbocycles. The number of nitrogens with zero attached hydrogens (tertiary/aromatic N) is 1. The molecular weight excluding hydrogens is 252 g/mol. The average molecular weight is 274 g/mol. The molecule has 0 spiro atoms. The quantitative estimate of drug-likeness (QED) is 0.919. The van der Waals surface area contributed by atoms with Crippen LogP contribution in [0.2, 0.25) is 0 Å². The summed E-state index contributed by atoms with van der Waals surface area (Å²) in [4.78, 5) is 14.4. The maximum atomic E-state index is 12.4. The van der Waals surface area contributed by atoms with E-state index in [0.29, 0.717) is 6.04 Å². The number of carbonyl (C=O) groups excluding carboxylic acids is 1. The van der Waals surface area contributed by atoms with Gasteiger partial charge in [-0.05, 0) is 43.4 Å². The Hall–Kier alpha value is -1.55. The number of benzene rings is 1. The number of amides is 1. The van der Waals surface area contributed by atoms with Crippen LogP contribution in [0.25, 0.3) is 0 Å². The Labute approximate surface area is 120 Å². The molecule has 1 aromatic rings. The van der Waals surface area contributed by atoms with E-state index in [0.717, 1.165) is 30.1 Å². The van der Waals surface area contributed by atoms with Gasteiger partial charge in [-0.25, -0.2) is 0 Å². The molecule has 2 unspecified atom stereocenters. The van der Waals surface area contributed by atoms with Crippen LogP contribution in [-0.2, 0) is 4.79 Å². The van der Waals surface area contributed by atoms with Gasteiger partial charge in [0.15, 0.2) is 0 Å². The number of hydrogen-bond acceptors (Lipinski definition) is 3. The van der Waals surface area contributed by atoms with Gasteiger partial charge in [-0.3, -0.25) is 10.1 Å². The molecule has 1 aliphatic heterocycles. The highest BCUT2D eigenvalue weighted by Crippen LogP contribution is 2.38. The maximum absolute atomic E-state index is 12.4. The topological polar surface area (TPSA) is 41.6 Å². The molecule has 1 aromatic carbocycles. The number of nitrogens with one attached hydrogen (secondary N) is 1. The lowest BCUT2D eigenvalue weighted by Gasteiger charge is -2.42. The molecule has 1 saturated heterocycles. The van der Waals surface area contributed by atoms with Gasteiger partial charge < -0.3 is 9.64 Å². The molecule has 0 radical (unpaired) electrons. The molecular formula is C16H22N2O2. The van der Waals surface area contributed by atoms with Crippen LogP contribution >= 0.6 is 0 Å². The first kappa shape index (κ1) is 13.4. The van der Waals surface area contributed by atoms with Crippen molar-refractivity contribution in [2.24, 2.45) is 5.92 Å². The van der Waals surface area contributed by atoms with Gasteiger partial charge in [0.25, 0.3) is 0 Å². The predicted molar refractivity (Wildman–Crippen MR) is 77.4 cm³/mol. The Balaban J connectivity index is 1.83. The van der Waals surface area contributed by atoms with Crippen molar-refractivity contribution >= 4 is 5.91 Å². The highest BCUT2D eigenvalue weighted by Gasteiger charge is 2.44. The molecule has 20 heavy (non-hydrogen) atoms. The van der Waals surface area contributed by atoms with Crippen LogP contribution in [0.3, 0.4) is 0 Å². The zero-order valence-corrected chi connectivity index (χ0v) is 12.3. The second kappa shape index (κ2) is 5.09. The lowest BCUT2D eigenvalue weighted by molar-refractivity contribution is -0.134. The Morgan fingerprint density at radius 1 is 1.20 bits per heavy atom. The molecule has 3 rings (SSSR count). The fourth-order valence-electron chi connectivity index (χ4n) is 3.26. The van der Waals surface area contributed by atoms with Crippen LogP contribution in [0.15, 0.2) is 24.3 Å². The summed E-state index contributed by atoms with van der Waals surface area (Å²) in [6.45, 7) is 4.19. The molecule has 0 bridgehead atoms. The van der Waals surface area contributed by atoms with Crippen LogP contribution in [-0.4, -0.2) is 30.0 Å². The zero-order chi connectivity index (χ0) is 14.3. The largest absolute Gasteiger partial charge is 0.497 e. The lowest BCUT2D eigenvalue weighted by atomic mass is 9.80. The third-order valence-corrected chi connectivity index (χ3v) is 4.48. The van der Waals surface area contributed by atoms with Gasteiger partial charge in [0.2, 0.25) is 5.91 Å². The molecule has 4 heteroatoms. The third-order valence-electron chi connectivity index (χ3n) is 4.48. The smallest absolute Gasteiger partial charge is 0.241 e. The van der Waals surface area contributed by atoms with E-state index < -0.39 is 0 Å². The van der Waals surface area contributed by atoms with Crippen molar-refractivity contribution in [1.82, 2.24) is 10.2 Å². The molecule has 1 saturated carbocycles. The second-order valence-corrected chi connectivity index (χ2v) is 6.04. The summed E-state index contributed by atoms with van der Waals surface area (Å²) in [5, 5.41) is 3.41. The minimum absolute atomic E-state index is 0.000839. The van der Waals surface area contributed by atoms with Crippen LogP contribution in [0.5, 0.6) is 5.75 Å². The number of hydrogen-bond donors (Lipinski definition) is 1. The van der Waals surface area contributed by atoms with Crippen molar-refractivity contribution in [3.63, 3.8) is 0 Å². The summed E-state index contributed by atoms with van der Waals surface area (Å²) < 4.78 is 5.19. The van der Waals surface area contributed by atoms with E-state index in [2.05, 4.69) is 12.2 Å². The Kier molecular flexibility index (Phi) is 3.42. The minimum Gasteiger partial charge on any atom is -0.497 e. The van der Waals surface area contributed by atoms with Crippen LogP contribution in [0.1, 0.15) is 38.4 Å². The lowest BCUT2D eigenvalue weighted by Crippen LogP contribution is -2.46. The van der Waals surface area contributed by atoms with Gasteiger partial charge in [-0.2, -0.15) is 0 Å². The van der Waals surface area contributed by atoms with Gasteiger partial charge in [0, 0.05) is 6.04 Å². The van der Waals surface area contributed by atoms with Crippen molar-refractivity contribution < 1.29 is 9.53 Å². The van der Waals surface area contributed by atoms with Crippen molar-refractivity contribution in [3.8, 4) is 5.75 Å². The molecule has 1 amide bonds. The van der Waals surface area contributed by atoms with E-state index in [1.165, 1.54) is 0 Å². The Bertz CT molecular complexity index is 494. The Morgan fingerprint density at radius 2 is 1.85 bits per heavy atom. The molecule has 0 aromatic heterocycles. The molecule has 108 valence electrons. The summed E-state index contributed by atoms with van der Waals surface area (Å²) in [7, 11) is 1.66. The van der Waals surface area contributed by atoms with Crippen molar-refractivity contribution in [3.05, 3.63) is 29.8 Å². The van der Waals surface area contributed by atoms with E-state index in [9.17, 15) is 4.79 Å². The minimum atomic E-state index is -0.0991. The van der Waals surface area contributed by atoms with E-state index in [1.807, 2.05) is 36.1 Å². The average Bonchev–Trinajstić information content (AvgIpc) is 2.72. The van der Waals surface area contributed by atoms with Gasteiger partial charge in [0.1, 0.15) is 11.9 Å². The molecule has 2 aliphatic rings. The maximum Gasteiger partial charge on any atom is 0.241 e. The second-order valence-electron chi connectivity index (χ2n) is 6.04. The highest BCUT2D eigenvalue weighted by atomic mass is 16.5. The van der Waals surface area contributed by atoms with E-state index in [4.69, 9.17) is 4.74 Å². The monoisotopic (exact) mass is 274 g/mol. The molecule has 1 heterocycles. The number of carbonyl (C=O) groups is 1. The van der Waals surface area contributed by atoms with Crippen LogP contribution in [0.4, 0.5) is 0 Å². The standard InChI is InChI=1S/C16H22N2O2/c1-10-8-13(9-10)18-15(17-11(2)16(18)19)12-4-6-14(20-3)7-5-12/h4-7,10-11,13,15,17H,8-9H2,1-3H3. The first-order valence-electron chi connectivity index (χ1n) is 7.32. The normalized spacial score (nSPS) is 33.1. The van der Waals surface area contributed by atoms with E-state index in [-0.39, 0.29) is 18.1 Å². The first-order chi connectivity index (χ1) is 9.60. The SMILES string of the molecule is COc1ccc(C2NC(C)C(=O)N2C2CC(C)C2)cc1. The van der Waals surface area contributed by atoms with Gasteiger partial charge in [0.05, 0.1) is 13.2 Å². The Morgan fingerprint density at radius 3 is 2.40 bits per heavy atom. The third kappa shape index (κ3) is 2.18. The number of methoxy groups -OCH3 is 1. The molecule has 1 N–H and O–H groups in total. The van der Waals surface area contributed by atoms with Gasteiger partial charge in [-0.1, -0.05) is 19.1 Å². The summed E-state index contributed by atoms with van der Waals surface area (Å²) in [6.07, 6.45) is 2.24. The van der Waals surface area contributed by atoms with Crippen molar-refractivity contribution in [2.75, 3.05) is 7.11 Å². The van der Waals surface area contributed by atoms with Crippen molar-refractivity contribution in [2.45, 2.75) is 44.9 Å². The van der Waals surface area contributed by atoms with Crippen LogP contribution in [0, 0.1) is 5.92 Å². The predicted octanol–water partition coefficient (Wildman–Crippen LogP) is 2.31.